The van der Waals surface area contributed by atoms with Gasteiger partial charge in [0.2, 0.25) is 11.8 Å². The molecule has 59 heavy (non-hydrogen) atoms. The van der Waals surface area contributed by atoms with Gasteiger partial charge in [0.25, 0.3) is 6.54 Å². The molecule has 2 aromatic rings. The number of halogens is 2. The minimum atomic E-state index is -1.06. The highest BCUT2D eigenvalue weighted by molar-refractivity contribution is 5.92. The van der Waals surface area contributed by atoms with E-state index in [4.69, 9.17) is 27.7 Å². The highest BCUT2D eigenvalue weighted by Gasteiger charge is 2.34. The lowest BCUT2D eigenvalue weighted by Gasteiger charge is -2.28. The Bertz CT molecular complexity index is 2060. The molecule has 312 valence electrons. The molecule has 0 saturated carbocycles. The number of amides is 5. The summed E-state index contributed by atoms with van der Waals surface area (Å²) in [5.74, 6) is -2.91. The predicted octanol–water partition coefficient (Wildman–Crippen LogP) is 1.43. The molecule has 4 aliphatic heterocycles. The molecule has 6 rings (SSSR count). The summed E-state index contributed by atoms with van der Waals surface area (Å²) in [6.45, 7) is 17.4. The number of nitrogens with zero attached hydrogens (tertiary/aromatic N) is 9. The molecule has 2 saturated heterocycles. The fourth-order valence-electron chi connectivity index (χ4n) is 5.60. The highest BCUT2D eigenvalue weighted by Crippen LogP contribution is 2.29. The zero-order chi connectivity index (χ0) is 43.1. The molecular weight excluding hydrogens is 782 g/mol. The summed E-state index contributed by atoms with van der Waals surface area (Å²) in [5.41, 5.74) is 4.19. The van der Waals surface area contributed by atoms with Crippen LogP contribution in [0.4, 0.5) is 41.1 Å². The fraction of sp³-hybridized carbons (Fsp3) is 0.389. The molecule has 2 atom stereocenters. The van der Waals surface area contributed by atoms with Crippen LogP contribution in [0, 0.1) is 24.8 Å². The Morgan fingerprint density at radius 1 is 0.814 bits per heavy atom. The minimum Gasteiger partial charge on any atom is -0.476 e. The molecular formula is C36H40F2N12O9. The maximum Gasteiger partial charge on any atom is 0.414 e. The van der Waals surface area contributed by atoms with Crippen LogP contribution in [0.25, 0.3) is 9.69 Å². The number of aliphatic carboxylic acids is 1. The molecule has 0 aromatic heterocycles. The van der Waals surface area contributed by atoms with Gasteiger partial charge in [-0.25, -0.2) is 41.3 Å². The molecule has 4 heterocycles. The molecule has 21 nitrogen and oxygen atoms in total. The summed E-state index contributed by atoms with van der Waals surface area (Å²) >= 11 is 0. The Balaban J connectivity index is 0.000000232. The number of benzene rings is 2. The number of rotatable bonds is 10. The molecule has 4 N–H and O–H groups in total. The van der Waals surface area contributed by atoms with Gasteiger partial charge in [-0.3, -0.25) is 24.2 Å². The quantitative estimate of drug-likeness (QED) is 0.250. The van der Waals surface area contributed by atoms with Crippen LogP contribution in [0.3, 0.4) is 0 Å². The van der Waals surface area contributed by atoms with Crippen molar-refractivity contribution in [1.29, 1.82) is 0 Å². The maximum absolute atomic E-state index is 14.7. The second-order valence-corrected chi connectivity index (χ2v) is 12.7. The van der Waals surface area contributed by atoms with E-state index in [-0.39, 0.29) is 56.8 Å². The van der Waals surface area contributed by atoms with Crippen molar-refractivity contribution in [2.75, 3.05) is 85.0 Å². The van der Waals surface area contributed by atoms with E-state index in [1.54, 1.807) is 28.0 Å². The first-order valence-electron chi connectivity index (χ1n) is 17.8. The van der Waals surface area contributed by atoms with Gasteiger partial charge in [-0.2, -0.15) is 10.2 Å². The minimum absolute atomic E-state index is 0.186. The summed E-state index contributed by atoms with van der Waals surface area (Å²) in [4.78, 5) is 78.5. The summed E-state index contributed by atoms with van der Waals surface area (Å²) in [6, 6.07) is 8.90. The number of nitrogens with one attached hydrogen (secondary N) is 3. The van der Waals surface area contributed by atoms with Crippen molar-refractivity contribution in [2.24, 2.45) is 10.2 Å². The largest absolute Gasteiger partial charge is 0.476 e. The van der Waals surface area contributed by atoms with Gasteiger partial charge in [-0.15, -0.1) is 0 Å². The van der Waals surface area contributed by atoms with Gasteiger partial charge in [-0.1, -0.05) is 0 Å². The molecule has 0 unspecified atom stereocenters. The van der Waals surface area contributed by atoms with Crippen LogP contribution in [0.1, 0.15) is 13.8 Å². The second-order valence-electron chi connectivity index (χ2n) is 12.7. The van der Waals surface area contributed by atoms with Gasteiger partial charge in [0.15, 0.2) is 0 Å². The third-order valence-electron chi connectivity index (χ3n) is 8.36. The number of ether oxygens (including phenoxy) is 2. The van der Waals surface area contributed by atoms with Crippen molar-refractivity contribution in [3.05, 3.63) is 70.9 Å². The predicted molar refractivity (Wildman–Crippen MR) is 207 cm³/mol. The molecule has 0 aliphatic carbocycles. The van der Waals surface area contributed by atoms with E-state index < -0.39 is 54.5 Å². The number of anilines is 4. The van der Waals surface area contributed by atoms with Crippen LogP contribution in [0.5, 0.6) is 0 Å². The third-order valence-corrected chi connectivity index (χ3v) is 8.36. The standard InChI is InChI=1S/C18H19FN6O4.C15H18FN5O3.C3H3NO2/c1-12(26)21-8-14-10-24(18(28)29-14)13-3-4-16(15(19)7-13)23-5-6-25(22-11-23)17(27)9-20-2;1-10(22)17-7-12-8-21(15(23)24-12)11-2-3-14(13(16)6-11)20-5-4-18-19-9-20;1-4-2-3(5)6/h3-4,7,11,14H,5-6,8-10H2,1H3,(H,21,26);2-3,6,9,12,18H,4-5,7-8H2,1H3,(H,17,22);2H2,(H,5,6)/t14-;12-;/m00./s1. The first-order valence-corrected chi connectivity index (χ1v) is 17.8. The van der Waals surface area contributed by atoms with Gasteiger partial charge in [0.05, 0.1) is 62.0 Å². The molecule has 5 amide bonds. The van der Waals surface area contributed by atoms with E-state index in [1.807, 2.05) is 0 Å². The van der Waals surface area contributed by atoms with Gasteiger partial charge < -0.3 is 50.1 Å². The first-order chi connectivity index (χ1) is 28.2. The highest BCUT2D eigenvalue weighted by atomic mass is 19.1. The topological polar surface area (TPSA) is 227 Å². The van der Waals surface area contributed by atoms with Gasteiger partial charge in [0.1, 0.15) is 36.5 Å². The number of carbonyl (C=O) groups excluding carboxylic acids is 5. The zero-order valence-electron chi connectivity index (χ0n) is 31.8. The summed E-state index contributed by atoms with van der Waals surface area (Å²) in [5, 5.41) is 21.9. The van der Waals surface area contributed by atoms with Crippen molar-refractivity contribution < 1.29 is 52.1 Å². The summed E-state index contributed by atoms with van der Waals surface area (Å²) < 4.78 is 39.4. The van der Waals surface area contributed by atoms with Gasteiger partial charge in [0, 0.05) is 26.9 Å². The molecule has 2 fully saturated rings. The van der Waals surface area contributed by atoms with Crippen LogP contribution in [0.2, 0.25) is 0 Å². The van der Waals surface area contributed by atoms with Crippen molar-refractivity contribution in [1.82, 2.24) is 21.1 Å². The Labute approximate surface area is 336 Å². The molecule has 0 radical (unpaired) electrons. The lowest BCUT2D eigenvalue weighted by atomic mass is 10.2. The van der Waals surface area contributed by atoms with Crippen molar-refractivity contribution in [2.45, 2.75) is 26.1 Å². The van der Waals surface area contributed by atoms with E-state index in [0.29, 0.717) is 36.7 Å². The number of carboxylic acid groups (broad SMARTS) is 1. The Kier molecular flexibility index (Phi) is 15.8. The number of carboxylic acids is 1. The fourth-order valence-corrected chi connectivity index (χ4v) is 5.60. The van der Waals surface area contributed by atoms with E-state index in [9.17, 15) is 37.5 Å². The first kappa shape index (κ1) is 44.2. The average molecular weight is 823 g/mol. The molecule has 4 aliphatic rings. The average Bonchev–Trinajstić information content (AvgIpc) is 3.78. The van der Waals surface area contributed by atoms with Crippen LogP contribution in [-0.4, -0.2) is 136 Å². The normalized spacial score (nSPS) is 17.8. The van der Waals surface area contributed by atoms with E-state index in [0.717, 1.165) is 0 Å². The molecule has 0 bridgehead atoms. The van der Waals surface area contributed by atoms with Crippen molar-refractivity contribution in [3.8, 4) is 0 Å². The Morgan fingerprint density at radius 3 is 1.69 bits per heavy atom. The van der Waals surface area contributed by atoms with E-state index in [1.165, 1.54) is 59.5 Å². The third kappa shape index (κ3) is 12.7. The lowest BCUT2D eigenvalue weighted by Crippen LogP contribution is -2.41. The number of hydrogen-bond donors (Lipinski definition) is 4. The second kappa shape index (κ2) is 21.1. The Morgan fingerprint density at radius 2 is 1.32 bits per heavy atom. The lowest BCUT2D eigenvalue weighted by molar-refractivity contribution is -0.134. The SMILES string of the molecule is CC(=O)NC[C@H]1CN(c2ccc(N3C=NNCC3)c(F)c2)C(=O)O1.[C-]#[N+]CC(=O)N1CCN(c2ccc(N3C[C@H](CNC(C)=O)OC3=O)cc2F)C=N1.[C-]#[N+]CC(=O)O. The number of carbonyl (C=O) groups is 6. The van der Waals surface area contributed by atoms with Gasteiger partial charge in [-0.05, 0) is 36.4 Å². The van der Waals surface area contributed by atoms with Crippen LogP contribution >= 0.6 is 0 Å². The number of hydrazone groups is 2. The maximum atomic E-state index is 14.7. The smallest absolute Gasteiger partial charge is 0.414 e. The Hall–Kier alpha value is -7.56. The van der Waals surface area contributed by atoms with E-state index >= 15 is 0 Å². The number of hydrogen-bond acceptors (Lipinski definition) is 13. The number of cyclic esters (lactones) is 2. The molecule has 23 heteroatoms. The molecule has 0 spiro atoms. The zero-order valence-corrected chi connectivity index (χ0v) is 31.8. The van der Waals surface area contributed by atoms with Crippen LogP contribution in [-0.2, 0) is 28.7 Å². The van der Waals surface area contributed by atoms with E-state index in [2.05, 4.69) is 36.0 Å². The summed E-state index contributed by atoms with van der Waals surface area (Å²) in [7, 11) is 0. The van der Waals surface area contributed by atoms with Crippen molar-refractivity contribution in [3.63, 3.8) is 0 Å². The van der Waals surface area contributed by atoms with Crippen LogP contribution < -0.4 is 35.7 Å². The summed E-state index contributed by atoms with van der Waals surface area (Å²) in [6.07, 6.45) is 0.723. The van der Waals surface area contributed by atoms with Crippen molar-refractivity contribution >= 4 is 71.3 Å². The van der Waals surface area contributed by atoms with Gasteiger partial charge >= 0.3 is 30.6 Å². The molecule has 2 aromatic carbocycles. The monoisotopic (exact) mass is 822 g/mol. The van der Waals surface area contributed by atoms with Crippen LogP contribution in [0.15, 0.2) is 46.6 Å².